The zero-order valence-corrected chi connectivity index (χ0v) is 11.0. The molecule has 0 saturated carbocycles. The fourth-order valence-electron chi connectivity index (χ4n) is 1.74. The molecule has 2 heterocycles. The molecule has 0 aliphatic rings. The first kappa shape index (κ1) is 12.3. The van der Waals surface area contributed by atoms with Crippen molar-refractivity contribution in [3.8, 4) is 5.82 Å². The van der Waals surface area contributed by atoms with Crippen molar-refractivity contribution in [2.45, 2.75) is 20.8 Å². The summed E-state index contributed by atoms with van der Waals surface area (Å²) in [6, 6.07) is 10.2. The highest BCUT2D eigenvalue weighted by Gasteiger charge is 2.00. The maximum absolute atomic E-state index is 4.39. The van der Waals surface area contributed by atoms with E-state index < -0.39 is 0 Å². The summed E-state index contributed by atoms with van der Waals surface area (Å²) in [7, 11) is 0. The van der Waals surface area contributed by atoms with E-state index in [1.54, 1.807) is 4.68 Å². The summed E-state index contributed by atoms with van der Waals surface area (Å²) in [5.41, 5.74) is 1.13. The number of rotatable bonds is 1. The monoisotopic (exact) mass is 239 g/mol. The number of hydrogen-bond acceptors (Lipinski definition) is 2. The predicted molar refractivity (Wildman–Crippen MR) is 75.0 cm³/mol. The molecule has 1 aromatic carbocycles. The summed E-state index contributed by atoms with van der Waals surface area (Å²) in [4.78, 5) is 4.39. The molecule has 0 fully saturated rings. The number of benzene rings is 1. The zero-order chi connectivity index (χ0) is 13.0. The average molecular weight is 239 g/mol. The quantitative estimate of drug-likeness (QED) is 0.647. The first-order valence-electron chi connectivity index (χ1n) is 6.19. The Bertz CT molecular complexity index is 641. The third-order valence-corrected chi connectivity index (χ3v) is 2.56. The molecular formula is C15H17N3. The van der Waals surface area contributed by atoms with Crippen LogP contribution in [0.2, 0.25) is 0 Å². The number of nitrogens with zero attached hydrogens (tertiary/aromatic N) is 3. The van der Waals surface area contributed by atoms with Gasteiger partial charge in [-0.1, -0.05) is 38.1 Å². The summed E-state index contributed by atoms with van der Waals surface area (Å²) in [6.07, 6.45) is 5.68. The summed E-state index contributed by atoms with van der Waals surface area (Å²) < 4.78 is 1.79. The SMILES string of the molecule is CC.Cc1cnn(-c2cc3ccccc3cn2)c1. The van der Waals surface area contributed by atoms with Gasteiger partial charge in [-0.05, 0) is 23.9 Å². The molecule has 18 heavy (non-hydrogen) atoms. The van der Waals surface area contributed by atoms with E-state index in [0.29, 0.717) is 0 Å². The van der Waals surface area contributed by atoms with Gasteiger partial charge in [0, 0.05) is 17.8 Å². The van der Waals surface area contributed by atoms with Gasteiger partial charge in [0.15, 0.2) is 5.82 Å². The smallest absolute Gasteiger partial charge is 0.153 e. The molecule has 0 amide bonds. The number of pyridine rings is 1. The van der Waals surface area contributed by atoms with Crippen molar-refractivity contribution in [1.82, 2.24) is 14.8 Å². The molecule has 2 aromatic heterocycles. The van der Waals surface area contributed by atoms with Gasteiger partial charge in [0.05, 0.1) is 6.20 Å². The highest BCUT2D eigenvalue weighted by Crippen LogP contribution is 2.15. The predicted octanol–water partition coefficient (Wildman–Crippen LogP) is 3.76. The number of hydrogen-bond donors (Lipinski definition) is 0. The van der Waals surface area contributed by atoms with Gasteiger partial charge >= 0.3 is 0 Å². The normalized spacial score (nSPS) is 9.94. The van der Waals surface area contributed by atoms with Crippen LogP contribution in [0.5, 0.6) is 0 Å². The van der Waals surface area contributed by atoms with Crippen LogP contribution in [0.3, 0.4) is 0 Å². The number of aromatic nitrogens is 3. The van der Waals surface area contributed by atoms with Crippen molar-refractivity contribution < 1.29 is 0 Å². The lowest BCUT2D eigenvalue weighted by Crippen LogP contribution is -1.97. The highest BCUT2D eigenvalue weighted by atomic mass is 15.3. The van der Waals surface area contributed by atoms with Gasteiger partial charge in [-0.25, -0.2) is 9.67 Å². The summed E-state index contributed by atoms with van der Waals surface area (Å²) in [6.45, 7) is 6.02. The molecular weight excluding hydrogens is 222 g/mol. The van der Waals surface area contributed by atoms with E-state index in [-0.39, 0.29) is 0 Å². The average Bonchev–Trinajstić information content (AvgIpc) is 2.87. The van der Waals surface area contributed by atoms with Gasteiger partial charge in [-0.15, -0.1) is 0 Å². The maximum Gasteiger partial charge on any atom is 0.153 e. The minimum Gasteiger partial charge on any atom is -0.236 e. The van der Waals surface area contributed by atoms with E-state index in [0.717, 1.165) is 16.8 Å². The first-order valence-corrected chi connectivity index (χ1v) is 6.19. The zero-order valence-electron chi connectivity index (χ0n) is 11.0. The van der Waals surface area contributed by atoms with Gasteiger partial charge in [0.2, 0.25) is 0 Å². The Labute approximate surface area is 107 Å². The van der Waals surface area contributed by atoms with Crippen molar-refractivity contribution in [2.24, 2.45) is 0 Å². The molecule has 3 aromatic rings. The molecule has 0 aliphatic heterocycles. The Morgan fingerprint density at radius 3 is 2.39 bits per heavy atom. The van der Waals surface area contributed by atoms with Crippen LogP contribution in [0.15, 0.2) is 48.9 Å². The molecule has 3 rings (SSSR count). The Morgan fingerprint density at radius 1 is 1.00 bits per heavy atom. The van der Waals surface area contributed by atoms with Crippen molar-refractivity contribution in [2.75, 3.05) is 0 Å². The molecule has 0 saturated heterocycles. The minimum atomic E-state index is 0.854. The second-order valence-corrected chi connectivity index (χ2v) is 3.85. The molecule has 3 nitrogen and oxygen atoms in total. The minimum absolute atomic E-state index is 0.854. The van der Waals surface area contributed by atoms with E-state index in [2.05, 4.69) is 22.2 Å². The first-order chi connectivity index (χ1) is 8.83. The molecule has 0 spiro atoms. The second-order valence-electron chi connectivity index (χ2n) is 3.85. The second kappa shape index (κ2) is 5.45. The van der Waals surface area contributed by atoms with Gasteiger partial charge in [0.25, 0.3) is 0 Å². The van der Waals surface area contributed by atoms with E-state index >= 15 is 0 Å². The third kappa shape index (κ3) is 2.40. The number of aryl methyl sites for hydroxylation is 1. The maximum atomic E-state index is 4.39. The molecule has 92 valence electrons. The topological polar surface area (TPSA) is 30.7 Å². The van der Waals surface area contributed by atoms with Crippen LogP contribution in [0.1, 0.15) is 19.4 Å². The Hall–Kier alpha value is -2.16. The van der Waals surface area contributed by atoms with E-state index in [9.17, 15) is 0 Å². The summed E-state index contributed by atoms with van der Waals surface area (Å²) >= 11 is 0. The lowest BCUT2D eigenvalue weighted by atomic mass is 10.2. The van der Waals surface area contributed by atoms with E-state index in [1.807, 2.05) is 57.6 Å². The summed E-state index contributed by atoms with van der Waals surface area (Å²) in [5.74, 6) is 0.854. The Kier molecular flexibility index (Phi) is 3.72. The van der Waals surface area contributed by atoms with Crippen molar-refractivity contribution in [3.05, 3.63) is 54.5 Å². The van der Waals surface area contributed by atoms with E-state index in [1.165, 1.54) is 5.39 Å². The Morgan fingerprint density at radius 2 is 1.72 bits per heavy atom. The molecule has 0 radical (unpaired) electrons. The molecule has 0 atom stereocenters. The van der Waals surface area contributed by atoms with Crippen LogP contribution in [0.4, 0.5) is 0 Å². The Balaban J connectivity index is 0.000000574. The van der Waals surface area contributed by atoms with Crippen molar-refractivity contribution >= 4 is 10.8 Å². The largest absolute Gasteiger partial charge is 0.236 e. The lowest BCUT2D eigenvalue weighted by molar-refractivity contribution is 0.849. The molecule has 0 N–H and O–H groups in total. The molecule has 3 heteroatoms. The van der Waals surface area contributed by atoms with Crippen molar-refractivity contribution in [1.29, 1.82) is 0 Å². The van der Waals surface area contributed by atoms with Crippen LogP contribution in [-0.4, -0.2) is 14.8 Å². The highest BCUT2D eigenvalue weighted by molar-refractivity contribution is 5.82. The van der Waals surface area contributed by atoms with Crippen molar-refractivity contribution in [3.63, 3.8) is 0 Å². The van der Waals surface area contributed by atoms with Gasteiger partial charge in [-0.3, -0.25) is 0 Å². The summed E-state index contributed by atoms with van der Waals surface area (Å²) in [5, 5.41) is 6.58. The standard InChI is InChI=1S/C13H11N3.C2H6/c1-10-7-15-16(9-10)13-6-11-4-2-3-5-12(11)8-14-13;1-2/h2-9H,1H3;1-2H3. The van der Waals surface area contributed by atoms with Crippen LogP contribution in [0, 0.1) is 6.92 Å². The van der Waals surface area contributed by atoms with E-state index in [4.69, 9.17) is 0 Å². The van der Waals surface area contributed by atoms with Gasteiger partial charge in [0.1, 0.15) is 0 Å². The van der Waals surface area contributed by atoms with Crippen LogP contribution in [-0.2, 0) is 0 Å². The lowest BCUT2D eigenvalue weighted by Gasteiger charge is -2.02. The third-order valence-electron chi connectivity index (χ3n) is 2.56. The van der Waals surface area contributed by atoms with Crippen LogP contribution < -0.4 is 0 Å². The fourth-order valence-corrected chi connectivity index (χ4v) is 1.74. The van der Waals surface area contributed by atoms with Crippen LogP contribution in [0.25, 0.3) is 16.6 Å². The van der Waals surface area contributed by atoms with Crippen LogP contribution >= 0.6 is 0 Å². The number of fused-ring (bicyclic) bond motifs is 1. The molecule has 0 aliphatic carbocycles. The fraction of sp³-hybridized carbons (Fsp3) is 0.200. The van der Waals surface area contributed by atoms with Gasteiger partial charge in [-0.2, -0.15) is 5.10 Å². The molecule has 0 unspecified atom stereocenters. The van der Waals surface area contributed by atoms with Gasteiger partial charge < -0.3 is 0 Å². The molecule has 0 bridgehead atoms.